The number of hydrogen-bond donors (Lipinski definition) is 0. The van der Waals surface area contributed by atoms with Gasteiger partial charge in [-0.05, 0) is 43.9 Å². The fourth-order valence-electron chi connectivity index (χ4n) is 2.66. The molecule has 1 saturated heterocycles. The number of halogens is 4. The molecule has 0 saturated carbocycles. The Balaban J connectivity index is 2.31. The van der Waals surface area contributed by atoms with Gasteiger partial charge in [-0.2, -0.15) is 13.2 Å². The van der Waals surface area contributed by atoms with Crippen LogP contribution in [-0.2, 0) is 6.18 Å². The molecular formula is C15H17F4NO. The predicted octanol–water partition coefficient (Wildman–Crippen LogP) is 4.11. The summed E-state index contributed by atoms with van der Waals surface area (Å²) in [7, 11) is 0. The van der Waals surface area contributed by atoms with Crippen LogP contribution in [0.15, 0.2) is 18.2 Å². The maximum Gasteiger partial charge on any atom is 0.419 e. The Morgan fingerprint density at radius 1 is 1.29 bits per heavy atom. The first-order valence-electron chi connectivity index (χ1n) is 6.89. The van der Waals surface area contributed by atoms with E-state index in [2.05, 4.69) is 0 Å². The Hall–Kier alpha value is -1.59. The molecule has 1 amide bonds. The van der Waals surface area contributed by atoms with Crippen molar-refractivity contribution in [2.45, 2.75) is 38.9 Å². The van der Waals surface area contributed by atoms with Crippen molar-refractivity contribution in [1.29, 1.82) is 0 Å². The number of likely N-dealkylation sites (tertiary alicyclic amines) is 1. The zero-order valence-corrected chi connectivity index (χ0v) is 11.9. The fourth-order valence-corrected chi connectivity index (χ4v) is 2.66. The van der Waals surface area contributed by atoms with Crippen LogP contribution in [0.3, 0.4) is 0 Å². The molecule has 0 aliphatic carbocycles. The van der Waals surface area contributed by atoms with Crippen molar-refractivity contribution in [3.63, 3.8) is 0 Å². The second-order valence-electron chi connectivity index (χ2n) is 5.55. The summed E-state index contributed by atoms with van der Waals surface area (Å²) in [5.74, 6) is -1.54. The average Bonchev–Trinajstić information content (AvgIpc) is 2.40. The molecule has 21 heavy (non-hydrogen) atoms. The highest BCUT2D eigenvalue weighted by atomic mass is 19.4. The van der Waals surface area contributed by atoms with Crippen LogP contribution in [0.2, 0.25) is 0 Å². The van der Waals surface area contributed by atoms with Gasteiger partial charge in [0.25, 0.3) is 5.91 Å². The number of nitrogens with zero attached hydrogens (tertiary/aromatic N) is 1. The van der Waals surface area contributed by atoms with Crippen LogP contribution in [0.4, 0.5) is 17.6 Å². The summed E-state index contributed by atoms with van der Waals surface area (Å²) in [6.45, 7) is 4.41. The zero-order valence-electron chi connectivity index (χ0n) is 11.9. The molecule has 6 heteroatoms. The van der Waals surface area contributed by atoms with Crippen LogP contribution in [0.5, 0.6) is 0 Å². The van der Waals surface area contributed by atoms with Crippen LogP contribution < -0.4 is 0 Å². The third-order valence-electron chi connectivity index (χ3n) is 4.15. The van der Waals surface area contributed by atoms with Gasteiger partial charge in [0.1, 0.15) is 5.82 Å². The molecule has 0 spiro atoms. The van der Waals surface area contributed by atoms with Crippen LogP contribution in [-0.4, -0.2) is 23.4 Å². The summed E-state index contributed by atoms with van der Waals surface area (Å²) < 4.78 is 51.4. The van der Waals surface area contributed by atoms with Gasteiger partial charge in [0.2, 0.25) is 0 Å². The van der Waals surface area contributed by atoms with E-state index in [1.165, 1.54) is 0 Å². The van der Waals surface area contributed by atoms with Gasteiger partial charge in [-0.1, -0.05) is 6.92 Å². The summed E-state index contributed by atoms with van der Waals surface area (Å²) in [4.78, 5) is 14.0. The molecule has 2 nitrogen and oxygen atoms in total. The Bertz CT molecular complexity index is 541. The van der Waals surface area contributed by atoms with Gasteiger partial charge in [0, 0.05) is 18.2 Å². The molecule has 1 aromatic rings. The van der Waals surface area contributed by atoms with E-state index in [4.69, 9.17) is 0 Å². The fraction of sp³-hybridized carbons (Fsp3) is 0.533. The molecule has 1 aliphatic heterocycles. The number of hydrogen-bond acceptors (Lipinski definition) is 1. The van der Waals surface area contributed by atoms with Crippen molar-refractivity contribution >= 4 is 5.91 Å². The first kappa shape index (κ1) is 15.8. The Kier molecular flexibility index (Phi) is 4.25. The smallest absolute Gasteiger partial charge is 0.336 e. The molecule has 2 atom stereocenters. The minimum Gasteiger partial charge on any atom is -0.336 e. The monoisotopic (exact) mass is 303 g/mol. The highest BCUT2D eigenvalue weighted by Gasteiger charge is 2.36. The maximum atomic E-state index is 13.3. The minimum atomic E-state index is -4.80. The normalized spacial score (nSPS) is 23.2. The van der Waals surface area contributed by atoms with E-state index in [0.29, 0.717) is 24.6 Å². The third kappa shape index (κ3) is 3.19. The quantitative estimate of drug-likeness (QED) is 0.715. The second-order valence-corrected chi connectivity index (χ2v) is 5.55. The lowest BCUT2D eigenvalue weighted by Crippen LogP contribution is -2.46. The zero-order chi connectivity index (χ0) is 15.8. The SMILES string of the molecule is CC1CCCN(C(=O)c2ccc(F)c(C(F)(F)F)c2)C1C. The number of carbonyl (C=O) groups is 1. The third-order valence-corrected chi connectivity index (χ3v) is 4.15. The molecule has 1 fully saturated rings. The van der Waals surface area contributed by atoms with E-state index >= 15 is 0 Å². The van der Waals surface area contributed by atoms with E-state index in [1.807, 2.05) is 13.8 Å². The lowest BCUT2D eigenvalue weighted by molar-refractivity contribution is -0.140. The van der Waals surface area contributed by atoms with Crippen molar-refractivity contribution in [3.8, 4) is 0 Å². The Labute approximate surface area is 120 Å². The highest BCUT2D eigenvalue weighted by Crippen LogP contribution is 2.32. The molecule has 2 unspecified atom stereocenters. The number of alkyl halides is 3. The molecule has 116 valence electrons. The van der Waals surface area contributed by atoms with Gasteiger partial charge in [-0.15, -0.1) is 0 Å². The van der Waals surface area contributed by atoms with Crippen molar-refractivity contribution < 1.29 is 22.4 Å². The van der Waals surface area contributed by atoms with Gasteiger partial charge >= 0.3 is 6.18 Å². The second kappa shape index (κ2) is 5.66. The van der Waals surface area contributed by atoms with Crippen molar-refractivity contribution in [2.24, 2.45) is 5.92 Å². The number of carbonyl (C=O) groups excluding carboxylic acids is 1. The van der Waals surface area contributed by atoms with E-state index in [9.17, 15) is 22.4 Å². The predicted molar refractivity (Wildman–Crippen MR) is 70.3 cm³/mol. The number of piperidine rings is 1. The van der Waals surface area contributed by atoms with Gasteiger partial charge in [-0.3, -0.25) is 4.79 Å². The Morgan fingerprint density at radius 3 is 2.57 bits per heavy atom. The molecule has 1 aromatic carbocycles. The van der Waals surface area contributed by atoms with Gasteiger partial charge in [-0.25, -0.2) is 4.39 Å². The molecule has 0 aromatic heterocycles. The molecule has 1 aliphatic rings. The van der Waals surface area contributed by atoms with Crippen molar-refractivity contribution in [1.82, 2.24) is 4.90 Å². The summed E-state index contributed by atoms with van der Waals surface area (Å²) in [5.41, 5.74) is -1.52. The largest absolute Gasteiger partial charge is 0.419 e. The number of rotatable bonds is 1. The average molecular weight is 303 g/mol. The summed E-state index contributed by atoms with van der Waals surface area (Å²) in [6.07, 6.45) is -2.99. The molecule has 0 radical (unpaired) electrons. The van der Waals surface area contributed by atoms with E-state index in [0.717, 1.165) is 18.9 Å². The van der Waals surface area contributed by atoms with Crippen molar-refractivity contribution in [3.05, 3.63) is 35.1 Å². The molecule has 1 heterocycles. The van der Waals surface area contributed by atoms with Gasteiger partial charge < -0.3 is 4.90 Å². The highest BCUT2D eigenvalue weighted by molar-refractivity contribution is 5.94. The van der Waals surface area contributed by atoms with Crippen LogP contribution in [0, 0.1) is 11.7 Å². The van der Waals surface area contributed by atoms with Crippen LogP contribution in [0.25, 0.3) is 0 Å². The maximum absolute atomic E-state index is 13.3. The first-order chi connectivity index (χ1) is 9.71. The lowest BCUT2D eigenvalue weighted by Gasteiger charge is -2.38. The molecule has 2 rings (SSSR count). The molecule has 0 bridgehead atoms. The van der Waals surface area contributed by atoms with E-state index < -0.39 is 23.5 Å². The van der Waals surface area contributed by atoms with Gasteiger partial charge in [0.05, 0.1) is 5.56 Å². The standard InChI is InChI=1S/C15H17F4NO/c1-9-4-3-7-20(10(9)2)14(21)11-5-6-13(16)12(8-11)15(17,18)19/h5-6,8-10H,3-4,7H2,1-2H3. The summed E-state index contributed by atoms with van der Waals surface area (Å²) in [6, 6.07) is 2.38. The topological polar surface area (TPSA) is 20.3 Å². The van der Waals surface area contributed by atoms with Crippen LogP contribution in [0.1, 0.15) is 42.6 Å². The first-order valence-corrected chi connectivity index (χ1v) is 6.89. The molecular weight excluding hydrogens is 286 g/mol. The lowest BCUT2D eigenvalue weighted by atomic mass is 9.91. The van der Waals surface area contributed by atoms with E-state index in [-0.39, 0.29) is 11.6 Å². The van der Waals surface area contributed by atoms with Crippen molar-refractivity contribution in [2.75, 3.05) is 6.54 Å². The summed E-state index contributed by atoms with van der Waals surface area (Å²) in [5, 5.41) is 0. The molecule has 0 N–H and O–H groups in total. The van der Waals surface area contributed by atoms with Gasteiger partial charge in [0.15, 0.2) is 0 Å². The number of benzene rings is 1. The van der Waals surface area contributed by atoms with Crippen LogP contribution >= 0.6 is 0 Å². The minimum absolute atomic E-state index is 0.0364. The van der Waals surface area contributed by atoms with E-state index in [1.54, 1.807) is 4.90 Å². The summed E-state index contributed by atoms with van der Waals surface area (Å²) >= 11 is 0. The Morgan fingerprint density at radius 2 is 1.95 bits per heavy atom. The number of amides is 1.